The number of pyridine rings is 1. The van der Waals surface area contributed by atoms with E-state index in [1.165, 1.54) is 5.56 Å². The van der Waals surface area contributed by atoms with Crippen molar-refractivity contribution >= 4 is 5.91 Å². The van der Waals surface area contributed by atoms with Gasteiger partial charge in [0.1, 0.15) is 5.69 Å². The van der Waals surface area contributed by atoms with Crippen LogP contribution in [0.5, 0.6) is 0 Å². The minimum absolute atomic E-state index is 0.264. The van der Waals surface area contributed by atoms with Crippen molar-refractivity contribution < 1.29 is 4.79 Å². The van der Waals surface area contributed by atoms with Gasteiger partial charge in [-0.3, -0.25) is 9.78 Å². The standard InChI is InChI=1S/C24H23N5O/c1-3-18-6-8-19(9-7-18)16-26-24(30)22-23(20-12-14-25-15-13-20)29(28-27-22)21-10-4-17(2)5-11-21/h4-15H,3,16H2,1-2H3,(H,26,30). The predicted molar refractivity (Wildman–Crippen MR) is 116 cm³/mol. The molecule has 0 aliphatic rings. The minimum Gasteiger partial charge on any atom is -0.346 e. The van der Waals surface area contributed by atoms with Gasteiger partial charge in [0.25, 0.3) is 5.91 Å². The van der Waals surface area contributed by atoms with Crippen LogP contribution in [0.25, 0.3) is 16.9 Å². The molecule has 4 aromatic rings. The zero-order valence-corrected chi connectivity index (χ0v) is 17.0. The first-order chi connectivity index (χ1) is 14.7. The highest BCUT2D eigenvalue weighted by Gasteiger charge is 2.22. The maximum absolute atomic E-state index is 13.0. The fourth-order valence-electron chi connectivity index (χ4n) is 3.23. The van der Waals surface area contributed by atoms with Crippen molar-refractivity contribution in [3.63, 3.8) is 0 Å². The Morgan fingerprint density at radius 1 is 0.933 bits per heavy atom. The molecule has 0 spiro atoms. The first-order valence-corrected chi connectivity index (χ1v) is 9.95. The highest BCUT2D eigenvalue weighted by molar-refractivity contribution is 5.98. The molecule has 0 aliphatic carbocycles. The molecule has 150 valence electrons. The van der Waals surface area contributed by atoms with Crippen LogP contribution in [0.4, 0.5) is 0 Å². The Morgan fingerprint density at radius 3 is 2.27 bits per heavy atom. The van der Waals surface area contributed by atoms with E-state index in [2.05, 4.69) is 39.7 Å². The van der Waals surface area contributed by atoms with Crippen LogP contribution in [-0.2, 0) is 13.0 Å². The number of benzene rings is 2. The lowest BCUT2D eigenvalue weighted by Crippen LogP contribution is -2.24. The second-order valence-corrected chi connectivity index (χ2v) is 7.12. The number of nitrogens with zero attached hydrogens (tertiary/aromatic N) is 4. The Kier molecular flexibility index (Phi) is 5.66. The molecule has 2 heterocycles. The summed E-state index contributed by atoms with van der Waals surface area (Å²) in [6, 6.07) is 19.9. The molecule has 1 N–H and O–H groups in total. The molecular weight excluding hydrogens is 374 g/mol. The van der Waals surface area contributed by atoms with E-state index >= 15 is 0 Å². The number of aromatic nitrogens is 4. The number of hydrogen-bond donors (Lipinski definition) is 1. The van der Waals surface area contributed by atoms with E-state index < -0.39 is 0 Å². The Morgan fingerprint density at radius 2 is 1.60 bits per heavy atom. The molecule has 0 unspecified atom stereocenters. The molecular formula is C24H23N5O. The third-order valence-electron chi connectivity index (χ3n) is 5.00. The van der Waals surface area contributed by atoms with E-state index in [9.17, 15) is 4.79 Å². The molecule has 4 rings (SSSR count). The van der Waals surface area contributed by atoms with E-state index in [1.54, 1.807) is 17.1 Å². The Labute approximate surface area is 175 Å². The molecule has 0 fully saturated rings. The number of rotatable bonds is 6. The number of hydrogen-bond acceptors (Lipinski definition) is 4. The van der Waals surface area contributed by atoms with Crippen molar-refractivity contribution in [1.29, 1.82) is 0 Å². The van der Waals surface area contributed by atoms with E-state index in [-0.39, 0.29) is 11.6 Å². The van der Waals surface area contributed by atoms with Crippen LogP contribution in [-0.4, -0.2) is 25.9 Å². The lowest BCUT2D eigenvalue weighted by molar-refractivity contribution is 0.0946. The summed E-state index contributed by atoms with van der Waals surface area (Å²) >= 11 is 0. The molecule has 6 nitrogen and oxygen atoms in total. The van der Waals surface area contributed by atoms with Crippen LogP contribution in [0.3, 0.4) is 0 Å². The third kappa shape index (κ3) is 4.12. The molecule has 6 heteroatoms. The van der Waals surface area contributed by atoms with Gasteiger partial charge in [-0.25, -0.2) is 4.68 Å². The maximum atomic E-state index is 13.0. The van der Waals surface area contributed by atoms with Crippen molar-refractivity contribution in [1.82, 2.24) is 25.3 Å². The molecule has 0 aliphatic heterocycles. The Balaban J connectivity index is 1.65. The normalized spacial score (nSPS) is 10.7. The number of carbonyl (C=O) groups is 1. The summed E-state index contributed by atoms with van der Waals surface area (Å²) in [5.74, 6) is -0.264. The smallest absolute Gasteiger partial charge is 0.274 e. The summed E-state index contributed by atoms with van der Waals surface area (Å²) in [5.41, 5.74) is 6.05. The summed E-state index contributed by atoms with van der Waals surface area (Å²) in [6.07, 6.45) is 4.38. The minimum atomic E-state index is -0.264. The molecule has 2 aromatic heterocycles. The fraction of sp³-hybridized carbons (Fsp3) is 0.167. The topological polar surface area (TPSA) is 72.7 Å². The Hall–Kier alpha value is -3.80. The molecule has 0 saturated carbocycles. The lowest BCUT2D eigenvalue weighted by Gasteiger charge is -2.09. The fourth-order valence-corrected chi connectivity index (χ4v) is 3.23. The van der Waals surface area contributed by atoms with E-state index in [1.807, 2.05) is 55.5 Å². The van der Waals surface area contributed by atoms with Crippen LogP contribution in [0.15, 0.2) is 73.1 Å². The average Bonchev–Trinajstić information content (AvgIpc) is 3.24. The number of amides is 1. The van der Waals surface area contributed by atoms with Gasteiger partial charge in [0.15, 0.2) is 5.69 Å². The second kappa shape index (κ2) is 8.69. The van der Waals surface area contributed by atoms with Crippen molar-refractivity contribution in [2.75, 3.05) is 0 Å². The van der Waals surface area contributed by atoms with Gasteiger partial charge in [0.2, 0.25) is 0 Å². The quantitative estimate of drug-likeness (QED) is 0.531. The van der Waals surface area contributed by atoms with Gasteiger partial charge < -0.3 is 5.32 Å². The first-order valence-electron chi connectivity index (χ1n) is 9.95. The van der Waals surface area contributed by atoms with Crippen LogP contribution >= 0.6 is 0 Å². The highest BCUT2D eigenvalue weighted by atomic mass is 16.2. The van der Waals surface area contributed by atoms with Crippen LogP contribution in [0.1, 0.15) is 34.1 Å². The summed E-state index contributed by atoms with van der Waals surface area (Å²) in [6.45, 7) is 4.58. The molecule has 0 radical (unpaired) electrons. The van der Waals surface area contributed by atoms with Crippen LogP contribution in [0, 0.1) is 6.92 Å². The van der Waals surface area contributed by atoms with Gasteiger partial charge in [-0.05, 0) is 48.7 Å². The number of nitrogens with one attached hydrogen (secondary N) is 1. The predicted octanol–water partition coefficient (Wildman–Crippen LogP) is 4.13. The van der Waals surface area contributed by atoms with Crippen molar-refractivity contribution in [2.45, 2.75) is 26.8 Å². The van der Waals surface area contributed by atoms with Crippen LogP contribution in [0.2, 0.25) is 0 Å². The average molecular weight is 397 g/mol. The summed E-state index contributed by atoms with van der Waals surface area (Å²) in [5, 5.41) is 11.5. The molecule has 2 aromatic carbocycles. The van der Waals surface area contributed by atoms with Gasteiger partial charge in [-0.1, -0.05) is 54.1 Å². The summed E-state index contributed by atoms with van der Waals surface area (Å²) in [4.78, 5) is 17.1. The lowest BCUT2D eigenvalue weighted by atomic mass is 10.1. The maximum Gasteiger partial charge on any atom is 0.274 e. The molecule has 0 atom stereocenters. The SMILES string of the molecule is CCc1ccc(CNC(=O)c2nnn(-c3ccc(C)cc3)c2-c2ccncc2)cc1. The van der Waals surface area contributed by atoms with Crippen LogP contribution < -0.4 is 5.32 Å². The van der Waals surface area contributed by atoms with Crippen molar-refractivity contribution in [3.8, 4) is 16.9 Å². The summed E-state index contributed by atoms with van der Waals surface area (Å²) in [7, 11) is 0. The second-order valence-electron chi connectivity index (χ2n) is 7.12. The highest BCUT2D eigenvalue weighted by Crippen LogP contribution is 2.25. The third-order valence-corrected chi connectivity index (χ3v) is 5.00. The van der Waals surface area contributed by atoms with Gasteiger partial charge in [0, 0.05) is 24.5 Å². The summed E-state index contributed by atoms with van der Waals surface area (Å²) < 4.78 is 1.69. The van der Waals surface area contributed by atoms with Gasteiger partial charge in [0.05, 0.1) is 5.69 Å². The zero-order chi connectivity index (χ0) is 20.9. The zero-order valence-electron chi connectivity index (χ0n) is 17.0. The number of carbonyl (C=O) groups excluding carboxylic acids is 1. The molecule has 0 saturated heterocycles. The Bertz CT molecular complexity index is 1130. The van der Waals surface area contributed by atoms with E-state index in [4.69, 9.17) is 0 Å². The van der Waals surface area contributed by atoms with Gasteiger partial charge in [-0.15, -0.1) is 5.10 Å². The van der Waals surface area contributed by atoms with E-state index in [0.717, 1.165) is 28.8 Å². The largest absolute Gasteiger partial charge is 0.346 e. The molecule has 0 bridgehead atoms. The van der Waals surface area contributed by atoms with Gasteiger partial charge in [-0.2, -0.15) is 0 Å². The van der Waals surface area contributed by atoms with Gasteiger partial charge >= 0.3 is 0 Å². The molecule has 30 heavy (non-hydrogen) atoms. The number of aryl methyl sites for hydroxylation is 2. The van der Waals surface area contributed by atoms with E-state index in [0.29, 0.717) is 12.2 Å². The molecule has 1 amide bonds. The van der Waals surface area contributed by atoms with Crippen molar-refractivity contribution in [3.05, 3.63) is 95.4 Å². The first kappa shape index (κ1) is 19.5. The van der Waals surface area contributed by atoms with Crippen molar-refractivity contribution in [2.24, 2.45) is 0 Å². The monoisotopic (exact) mass is 397 g/mol.